The van der Waals surface area contributed by atoms with Gasteiger partial charge in [0.1, 0.15) is 12.6 Å². The zero-order chi connectivity index (χ0) is 11.2. The van der Waals surface area contributed by atoms with Crippen molar-refractivity contribution < 1.29 is 8.98 Å². The van der Waals surface area contributed by atoms with Crippen LogP contribution in [0.5, 0.6) is 0 Å². The fourth-order valence-corrected chi connectivity index (χ4v) is 2.43. The second-order valence-electron chi connectivity index (χ2n) is 4.47. The summed E-state index contributed by atoms with van der Waals surface area (Å²) in [7, 11) is 2.13. The molecule has 0 bridgehead atoms. The van der Waals surface area contributed by atoms with Crippen molar-refractivity contribution in [1.29, 1.82) is 0 Å². The van der Waals surface area contributed by atoms with Gasteiger partial charge in [0, 0.05) is 12.8 Å². The SMILES string of the molecule is Cc1c(C(C)C)[n+](C)c(C)c2ccoc12. The van der Waals surface area contributed by atoms with Gasteiger partial charge in [-0.15, -0.1) is 0 Å². The van der Waals surface area contributed by atoms with E-state index in [-0.39, 0.29) is 0 Å². The molecule has 0 spiro atoms. The van der Waals surface area contributed by atoms with Gasteiger partial charge in [0.05, 0.1) is 17.2 Å². The van der Waals surface area contributed by atoms with Crippen LogP contribution in [-0.4, -0.2) is 0 Å². The van der Waals surface area contributed by atoms with Crippen molar-refractivity contribution in [3.05, 3.63) is 29.3 Å². The molecule has 2 rings (SSSR count). The average molecular weight is 204 g/mol. The summed E-state index contributed by atoms with van der Waals surface area (Å²) in [6, 6.07) is 2.04. The molecule has 2 heteroatoms. The fraction of sp³-hybridized carbons (Fsp3) is 0.462. The van der Waals surface area contributed by atoms with Crippen molar-refractivity contribution in [2.24, 2.45) is 7.05 Å². The second-order valence-corrected chi connectivity index (χ2v) is 4.47. The van der Waals surface area contributed by atoms with E-state index in [0.29, 0.717) is 5.92 Å². The van der Waals surface area contributed by atoms with Crippen molar-refractivity contribution in [3.8, 4) is 0 Å². The Morgan fingerprint density at radius 1 is 1.27 bits per heavy atom. The van der Waals surface area contributed by atoms with Crippen molar-refractivity contribution >= 4 is 11.0 Å². The zero-order valence-electron chi connectivity index (χ0n) is 10.1. The van der Waals surface area contributed by atoms with Crippen LogP contribution in [0.3, 0.4) is 0 Å². The fourth-order valence-electron chi connectivity index (χ4n) is 2.43. The van der Waals surface area contributed by atoms with Gasteiger partial charge >= 0.3 is 0 Å². The molecule has 0 saturated carbocycles. The van der Waals surface area contributed by atoms with E-state index >= 15 is 0 Å². The van der Waals surface area contributed by atoms with Crippen LogP contribution < -0.4 is 4.57 Å². The first kappa shape index (κ1) is 10.2. The highest BCUT2D eigenvalue weighted by atomic mass is 16.3. The van der Waals surface area contributed by atoms with Gasteiger partial charge in [-0.2, -0.15) is 0 Å². The Morgan fingerprint density at radius 3 is 2.53 bits per heavy atom. The van der Waals surface area contributed by atoms with Crippen LogP contribution in [0.2, 0.25) is 0 Å². The first-order valence-electron chi connectivity index (χ1n) is 5.40. The minimum absolute atomic E-state index is 0.517. The molecule has 0 amide bonds. The highest BCUT2D eigenvalue weighted by Gasteiger charge is 2.23. The molecule has 0 aromatic carbocycles. The summed E-state index contributed by atoms with van der Waals surface area (Å²) in [6.07, 6.45) is 1.77. The van der Waals surface area contributed by atoms with Crippen LogP contribution in [-0.2, 0) is 7.05 Å². The van der Waals surface area contributed by atoms with E-state index in [9.17, 15) is 0 Å². The van der Waals surface area contributed by atoms with E-state index in [0.717, 1.165) is 5.58 Å². The Bertz CT molecular complexity index is 509. The smallest absolute Gasteiger partial charge is 0.190 e. The van der Waals surface area contributed by atoms with E-state index in [1.165, 1.54) is 22.3 Å². The number of hydrogen-bond donors (Lipinski definition) is 0. The van der Waals surface area contributed by atoms with Crippen molar-refractivity contribution in [2.75, 3.05) is 0 Å². The predicted molar refractivity (Wildman–Crippen MR) is 61.0 cm³/mol. The highest BCUT2D eigenvalue weighted by Crippen LogP contribution is 2.26. The monoisotopic (exact) mass is 204 g/mol. The molecule has 15 heavy (non-hydrogen) atoms. The third kappa shape index (κ3) is 1.36. The van der Waals surface area contributed by atoms with Gasteiger partial charge in [0.15, 0.2) is 11.4 Å². The average Bonchev–Trinajstić information content (AvgIpc) is 2.62. The molecular weight excluding hydrogens is 186 g/mol. The van der Waals surface area contributed by atoms with Gasteiger partial charge in [-0.1, -0.05) is 13.8 Å². The van der Waals surface area contributed by atoms with E-state index < -0.39 is 0 Å². The summed E-state index contributed by atoms with van der Waals surface area (Å²) in [5, 5.41) is 1.22. The van der Waals surface area contributed by atoms with Crippen LogP contribution in [0.15, 0.2) is 16.7 Å². The molecule has 0 N–H and O–H groups in total. The minimum Gasteiger partial charge on any atom is -0.464 e. The van der Waals surface area contributed by atoms with Crippen molar-refractivity contribution in [3.63, 3.8) is 0 Å². The zero-order valence-corrected chi connectivity index (χ0v) is 10.1. The number of aryl methyl sites for hydroxylation is 2. The molecule has 2 aromatic rings. The summed E-state index contributed by atoms with van der Waals surface area (Å²) >= 11 is 0. The molecule has 80 valence electrons. The Kier molecular flexibility index (Phi) is 2.29. The first-order valence-corrected chi connectivity index (χ1v) is 5.40. The van der Waals surface area contributed by atoms with Gasteiger partial charge in [-0.25, -0.2) is 4.57 Å². The van der Waals surface area contributed by atoms with Gasteiger partial charge < -0.3 is 4.42 Å². The molecule has 0 fully saturated rings. The van der Waals surface area contributed by atoms with E-state index in [1.54, 1.807) is 6.26 Å². The number of rotatable bonds is 1. The van der Waals surface area contributed by atoms with Crippen LogP contribution in [0, 0.1) is 13.8 Å². The number of pyridine rings is 1. The van der Waals surface area contributed by atoms with Gasteiger partial charge in [-0.05, 0) is 13.0 Å². The largest absolute Gasteiger partial charge is 0.464 e. The predicted octanol–water partition coefficient (Wildman–Crippen LogP) is 3.00. The molecule has 0 radical (unpaired) electrons. The lowest BCUT2D eigenvalue weighted by Gasteiger charge is -2.09. The summed E-state index contributed by atoms with van der Waals surface area (Å²) < 4.78 is 7.84. The quantitative estimate of drug-likeness (QED) is 0.653. The molecular formula is C13H18NO+. The topological polar surface area (TPSA) is 17.0 Å². The van der Waals surface area contributed by atoms with Gasteiger partial charge in [0.2, 0.25) is 0 Å². The maximum atomic E-state index is 5.56. The van der Waals surface area contributed by atoms with E-state index in [4.69, 9.17) is 4.42 Å². The Balaban J connectivity index is 2.92. The molecule has 0 aliphatic rings. The number of aromatic nitrogens is 1. The normalized spacial score (nSPS) is 11.6. The highest BCUT2D eigenvalue weighted by molar-refractivity contribution is 5.81. The maximum Gasteiger partial charge on any atom is 0.190 e. The molecule has 0 unspecified atom stereocenters. The van der Waals surface area contributed by atoms with Crippen LogP contribution in [0.4, 0.5) is 0 Å². The Labute approximate surface area is 90.5 Å². The maximum absolute atomic E-state index is 5.56. The summed E-state index contributed by atoms with van der Waals surface area (Å²) in [5.41, 5.74) is 4.93. The number of fused-ring (bicyclic) bond motifs is 1. The molecule has 0 saturated heterocycles. The summed E-state index contributed by atoms with van der Waals surface area (Å²) in [4.78, 5) is 0. The molecule has 2 heterocycles. The summed E-state index contributed by atoms with van der Waals surface area (Å²) in [5.74, 6) is 0.517. The first-order chi connectivity index (χ1) is 7.04. The second kappa shape index (κ2) is 3.37. The molecule has 0 atom stereocenters. The van der Waals surface area contributed by atoms with E-state index in [2.05, 4.69) is 39.3 Å². The minimum atomic E-state index is 0.517. The third-order valence-electron chi connectivity index (χ3n) is 3.19. The van der Waals surface area contributed by atoms with Crippen molar-refractivity contribution in [2.45, 2.75) is 33.6 Å². The molecule has 2 nitrogen and oxygen atoms in total. The third-order valence-corrected chi connectivity index (χ3v) is 3.19. The number of hydrogen-bond acceptors (Lipinski definition) is 1. The van der Waals surface area contributed by atoms with Crippen molar-refractivity contribution in [1.82, 2.24) is 0 Å². The number of nitrogens with zero attached hydrogens (tertiary/aromatic N) is 1. The van der Waals surface area contributed by atoms with Crippen LogP contribution in [0.25, 0.3) is 11.0 Å². The molecule has 2 aromatic heterocycles. The van der Waals surface area contributed by atoms with Gasteiger partial charge in [0.25, 0.3) is 0 Å². The lowest BCUT2D eigenvalue weighted by Crippen LogP contribution is -2.38. The lowest BCUT2D eigenvalue weighted by molar-refractivity contribution is -0.685. The standard InChI is InChI=1S/C13H18NO/c1-8(2)12-9(3)13-11(6-7-15-13)10(4)14(12)5/h6-8H,1-5H3/q+1. The van der Waals surface area contributed by atoms with Gasteiger partial charge in [-0.3, -0.25) is 0 Å². The van der Waals surface area contributed by atoms with Crippen LogP contribution in [0.1, 0.15) is 36.7 Å². The Hall–Kier alpha value is -1.31. The lowest BCUT2D eigenvalue weighted by atomic mass is 10.0. The summed E-state index contributed by atoms with van der Waals surface area (Å²) in [6.45, 7) is 8.72. The van der Waals surface area contributed by atoms with Crippen LogP contribution >= 0.6 is 0 Å². The van der Waals surface area contributed by atoms with E-state index in [1.807, 2.05) is 6.07 Å². The Morgan fingerprint density at radius 2 is 1.93 bits per heavy atom. The number of furan rings is 1. The molecule has 0 aliphatic carbocycles. The molecule has 0 aliphatic heterocycles.